The van der Waals surface area contributed by atoms with Crippen molar-refractivity contribution in [2.45, 2.75) is 19.3 Å². The van der Waals surface area contributed by atoms with Gasteiger partial charge in [0.05, 0.1) is 0 Å². The average molecular weight is 594 g/mol. The second-order valence-corrected chi connectivity index (χ2v) is 13.7. The zero-order chi connectivity index (χ0) is 30.1. The number of para-hydroxylation sites is 1. The van der Waals surface area contributed by atoms with E-state index < -0.39 is 0 Å². The molecule has 0 saturated heterocycles. The second-order valence-electron chi connectivity index (χ2n) is 12.6. The standard InChI is InChI=1S/C43H31NS/c1-43(2)39-25-34(22-23-35(39)37-27-42-38(26-40(37)43)36-14-8-9-15-41(36)45-42)44(32-12-4-3-5-13-32)33-20-18-29(19-21-33)31-17-16-28-10-6-7-11-30(28)24-31/h3-27H,1-2H3. The van der Waals surface area contributed by atoms with Gasteiger partial charge < -0.3 is 4.90 Å². The molecule has 1 aliphatic carbocycles. The summed E-state index contributed by atoms with van der Waals surface area (Å²) < 4.78 is 2.72. The topological polar surface area (TPSA) is 3.24 Å². The second kappa shape index (κ2) is 9.92. The minimum absolute atomic E-state index is 0.111. The Kier molecular flexibility index (Phi) is 5.78. The van der Waals surface area contributed by atoms with Gasteiger partial charge in [0.1, 0.15) is 0 Å². The van der Waals surface area contributed by atoms with Crippen LogP contribution in [0.3, 0.4) is 0 Å². The summed E-state index contributed by atoms with van der Waals surface area (Å²) in [5.74, 6) is 0. The van der Waals surface area contributed by atoms with Crippen LogP contribution < -0.4 is 4.90 Å². The molecule has 0 fully saturated rings. The number of hydrogen-bond donors (Lipinski definition) is 0. The van der Waals surface area contributed by atoms with Gasteiger partial charge in [0.15, 0.2) is 0 Å². The molecule has 1 aromatic heterocycles. The summed E-state index contributed by atoms with van der Waals surface area (Å²) in [6, 6.07) is 55.8. The van der Waals surface area contributed by atoms with Gasteiger partial charge in [-0.1, -0.05) is 105 Å². The van der Waals surface area contributed by atoms with Gasteiger partial charge in [-0.3, -0.25) is 0 Å². The number of fused-ring (bicyclic) bond motifs is 7. The van der Waals surface area contributed by atoms with Crippen LogP contribution in [0.1, 0.15) is 25.0 Å². The fourth-order valence-electron chi connectivity index (χ4n) is 7.28. The van der Waals surface area contributed by atoms with Gasteiger partial charge in [-0.2, -0.15) is 0 Å². The van der Waals surface area contributed by atoms with E-state index in [-0.39, 0.29) is 5.41 Å². The number of anilines is 3. The Bertz CT molecular complexity index is 2400. The molecule has 0 bridgehead atoms. The first-order valence-corrected chi connectivity index (χ1v) is 16.4. The molecule has 0 aliphatic heterocycles. The van der Waals surface area contributed by atoms with E-state index in [2.05, 4.69) is 170 Å². The lowest BCUT2D eigenvalue weighted by molar-refractivity contribution is 0.661. The quantitative estimate of drug-likeness (QED) is 0.196. The van der Waals surface area contributed by atoms with Crippen LogP contribution in [0.5, 0.6) is 0 Å². The Labute approximate surface area is 267 Å². The molecule has 0 atom stereocenters. The smallest absolute Gasteiger partial charge is 0.0465 e. The average Bonchev–Trinajstić information content (AvgIpc) is 3.56. The van der Waals surface area contributed by atoms with Crippen LogP contribution in [0.2, 0.25) is 0 Å². The van der Waals surface area contributed by atoms with Gasteiger partial charge in [-0.05, 0) is 105 Å². The Morgan fingerprint density at radius 1 is 0.444 bits per heavy atom. The van der Waals surface area contributed by atoms with E-state index in [1.165, 1.54) is 70.0 Å². The first-order valence-electron chi connectivity index (χ1n) is 15.6. The van der Waals surface area contributed by atoms with Crippen molar-refractivity contribution in [1.29, 1.82) is 0 Å². The third-order valence-corrected chi connectivity index (χ3v) is 10.8. The van der Waals surface area contributed by atoms with Crippen LogP contribution in [-0.4, -0.2) is 0 Å². The monoisotopic (exact) mass is 593 g/mol. The van der Waals surface area contributed by atoms with E-state index in [4.69, 9.17) is 0 Å². The molecule has 0 radical (unpaired) electrons. The van der Waals surface area contributed by atoms with E-state index in [0.717, 1.165) is 11.4 Å². The van der Waals surface area contributed by atoms with E-state index in [9.17, 15) is 0 Å². The van der Waals surface area contributed by atoms with Gasteiger partial charge >= 0.3 is 0 Å². The third-order valence-electron chi connectivity index (χ3n) is 9.64. The van der Waals surface area contributed by atoms with E-state index in [1.54, 1.807) is 0 Å². The van der Waals surface area contributed by atoms with Crippen molar-refractivity contribution in [2.75, 3.05) is 4.90 Å². The van der Waals surface area contributed by atoms with Gasteiger partial charge in [0, 0.05) is 42.6 Å². The van der Waals surface area contributed by atoms with E-state index >= 15 is 0 Å². The summed E-state index contributed by atoms with van der Waals surface area (Å²) in [5.41, 5.74) is 11.3. The van der Waals surface area contributed by atoms with Crippen molar-refractivity contribution in [1.82, 2.24) is 0 Å². The van der Waals surface area contributed by atoms with Crippen LogP contribution in [0.15, 0.2) is 152 Å². The number of rotatable bonds is 4. The normalized spacial score (nSPS) is 13.3. The predicted molar refractivity (Wildman–Crippen MR) is 195 cm³/mol. The van der Waals surface area contributed by atoms with Gasteiger partial charge in [0.2, 0.25) is 0 Å². The molecular weight excluding hydrogens is 563 g/mol. The van der Waals surface area contributed by atoms with Crippen molar-refractivity contribution in [3.63, 3.8) is 0 Å². The SMILES string of the molecule is CC1(C)c2cc(N(c3ccccc3)c3ccc(-c4ccc5ccccc5c4)cc3)ccc2-c2cc3sc4ccccc4c3cc21. The highest BCUT2D eigenvalue weighted by molar-refractivity contribution is 7.25. The maximum absolute atomic E-state index is 2.46. The number of benzene rings is 7. The van der Waals surface area contributed by atoms with Crippen molar-refractivity contribution in [3.05, 3.63) is 163 Å². The fourth-order valence-corrected chi connectivity index (χ4v) is 8.40. The number of thiophene rings is 1. The highest BCUT2D eigenvalue weighted by Gasteiger charge is 2.36. The largest absolute Gasteiger partial charge is 0.310 e. The molecule has 1 nitrogen and oxygen atoms in total. The summed E-state index contributed by atoms with van der Waals surface area (Å²) in [7, 11) is 0. The van der Waals surface area contributed by atoms with Crippen LogP contribution >= 0.6 is 11.3 Å². The lowest BCUT2D eigenvalue weighted by Crippen LogP contribution is -2.16. The first kappa shape index (κ1) is 26.2. The maximum Gasteiger partial charge on any atom is 0.0465 e. The molecule has 0 spiro atoms. The molecule has 9 rings (SSSR count). The molecule has 8 aromatic rings. The number of hydrogen-bond acceptors (Lipinski definition) is 2. The summed E-state index contributed by atoms with van der Waals surface area (Å²) >= 11 is 1.90. The third kappa shape index (κ3) is 4.13. The Hall–Kier alpha value is -5.18. The van der Waals surface area contributed by atoms with Crippen LogP contribution in [0, 0.1) is 0 Å². The minimum Gasteiger partial charge on any atom is -0.310 e. The molecule has 0 saturated carbocycles. The molecule has 0 N–H and O–H groups in total. The van der Waals surface area contributed by atoms with Gasteiger partial charge in [-0.15, -0.1) is 11.3 Å². The number of nitrogens with zero attached hydrogens (tertiary/aromatic N) is 1. The summed E-state index contributed by atoms with van der Waals surface area (Å²) in [5, 5.41) is 5.26. The van der Waals surface area contributed by atoms with Crippen molar-refractivity contribution >= 4 is 59.3 Å². The highest BCUT2D eigenvalue weighted by atomic mass is 32.1. The van der Waals surface area contributed by atoms with Crippen LogP contribution in [-0.2, 0) is 5.41 Å². The highest BCUT2D eigenvalue weighted by Crippen LogP contribution is 2.53. The Balaban J connectivity index is 1.15. The molecule has 7 aromatic carbocycles. The molecule has 45 heavy (non-hydrogen) atoms. The zero-order valence-electron chi connectivity index (χ0n) is 25.3. The minimum atomic E-state index is -0.111. The van der Waals surface area contributed by atoms with Gasteiger partial charge in [-0.25, -0.2) is 0 Å². The molecular formula is C43H31NS. The first-order chi connectivity index (χ1) is 22.0. The van der Waals surface area contributed by atoms with Crippen molar-refractivity contribution < 1.29 is 0 Å². The van der Waals surface area contributed by atoms with Crippen LogP contribution in [0.25, 0.3) is 53.2 Å². The zero-order valence-corrected chi connectivity index (χ0v) is 26.1. The molecule has 1 aliphatic rings. The molecule has 1 heterocycles. The summed E-state index contributed by atoms with van der Waals surface area (Å²) in [6.45, 7) is 4.76. The summed E-state index contributed by atoms with van der Waals surface area (Å²) in [6.07, 6.45) is 0. The fraction of sp³-hybridized carbons (Fsp3) is 0.0698. The summed E-state index contributed by atoms with van der Waals surface area (Å²) in [4.78, 5) is 2.38. The van der Waals surface area contributed by atoms with Crippen molar-refractivity contribution in [2.24, 2.45) is 0 Å². The van der Waals surface area contributed by atoms with E-state index in [1.807, 2.05) is 11.3 Å². The van der Waals surface area contributed by atoms with E-state index in [0.29, 0.717) is 0 Å². The van der Waals surface area contributed by atoms with Crippen molar-refractivity contribution in [3.8, 4) is 22.3 Å². The molecule has 0 unspecified atom stereocenters. The predicted octanol–water partition coefficient (Wildman–Crippen LogP) is 12.7. The van der Waals surface area contributed by atoms with Crippen LogP contribution in [0.4, 0.5) is 17.1 Å². The molecule has 0 amide bonds. The molecule has 2 heteroatoms. The Morgan fingerprint density at radius 3 is 1.96 bits per heavy atom. The van der Waals surface area contributed by atoms with Gasteiger partial charge in [0.25, 0.3) is 0 Å². The lowest BCUT2D eigenvalue weighted by Gasteiger charge is -2.28. The maximum atomic E-state index is 2.46. The Morgan fingerprint density at radius 2 is 1.11 bits per heavy atom. The molecule has 214 valence electrons. The lowest BCUT2D eigenvalue weighted by atomic mass is 9.82.